The Morgan fingerprint density at radius 3 is 2.85 bits per heavy atom. The SMILES string of the molecule is CCNC(=NCc1cccnc1N1CCOCC1)N(C)CC1CCOC1.I. The summed E-state index contributed by atoms with van der Waals surface area (Å²) in [6.45, 7) is 9.56. The topological polar surface area (TPSA) is 62.2 Å². The Balaban J connectivity index is 0.00000261. The number of aromatic nitrogens is 1. The molecule has 1 atom stereocenters. The van der Waals surface area contributed by atoms with Crippen LogP contribution in [0.15, 0.2) is 23.3 Å². The Labute approximate surface area is 179 Å². The fraction of sp³-hybridized carbons (Fsp3) is 0.684. The lowest BCUT2D eigenvalue weighted by Crippen LogP contribution is -2.41. The van der Waals surface area contributed by atoms with Gasteiger partial charge < -0.3 is 24.6 Å². The monoisotopic (exact) mass is 489 g/mol. The maximum Gasteiger partial charge on any atom is 0.193 e. The molecule has 0 amide bonds. The van der Waals surface area contributed by atoms with E-state index in [0.29, 0.717) is 12.5 Å². The molecule has 0 aromatic carbocycles. The van der Waals surface area contributed by atoms with Crippen LogP contribution < -0.4 is 10.2 Å². The van der Waals surface area contributed by atoms with Crippen LogP contribution >= 0.6 is 24.0 Å². The summed E-state index contributed by atoms with van der Waals surface area (Å²) in [4.78, 5) is 14.0. The molecule has 1 N–H and O–H groups in total. The number of hydrogen-bond acceptors (Lipinski definition) is 5. The number of nitrogens with one attached hydrogen (secondary N) is 1. The highest BCUT2D eigenvalue weighted by molar-refractivity contribution is 14.0. The molecule has 2 aliphatic heterocycles. The van der Waals surface area contributed by atoms with Gasteiger partial charge in [-0.1, -0.05) is 6.07 Å². The van der Waals surface area contributed by atoms with E-state index in [4.69, 9.17) is 14.5 Å². The van der Waals surface area contributed by atoms with Gasteiger partial charge in [0.1, 0.15) is 5.82 Å². The Bertz CT molecular complexity index is 589. The van der Waals surface area contributed by atoms with Gasteiger partial charge in [-0.15, -0.1) is 24.0 Å². The second-order valence-corrected chi connectivity index (χ2v) is 6.87. The minimum Gasteiger partial charge on any atom is -0.381 e. The summed E-state index contributed by atoms with van der Waals surface area (Å²) in [6, 6.07) is 4.11. The molecule has 2 saturated heterocycles. The van der Waals surface area contributed by atoms with Gasteiger partial charge in [-0.3, -0.25) is 0 Å². The van der Waals surface area contributed by atoms with Crippen molar-refractivity contribution in [2.45, 2.75) is 19.9 Å². The van der Waals surface area contributed by atoms with Gasteiger partial charge in [0.25, 0.3) is 0 Å². The largest absolute Gasteiger partial charge is 0.381 e. The zero-order valence-corrected chi connectivity index (χ0v) is 18.7. The van der Waals surface area contributed by atoms with Gasteiger partial charge in [-0.2, -0.15) is 0 Å². The summed E-state index contributed by atoms with van der Waals surface area (Å²) in [5.74, 6) is 2.56. The molecule has 8 heteroatoms. The maximum atomic E-state index is 5.50. The van der Waals surface area contributed by atoms with Crippen molar-refractivity contribution in [1.82, 2.24) is 15.2 Å². The first kappa shape index (κ1) is 22.2. The molecule has 3 rings (SSSR count). The molecule has 0 spiro atoms. The van der Waals surface area contributed by atoms with Crippen molar-refractivity contribution < 1.29 is 9.47 Å². The van der Waals surface area contributed by atoms with Crippen molar-refractivity contribution in [3.05, 3.63) is 23.9 Å². The third-order valence-corrected chi connectivity index (χ3v) is 4.83. The fourth-order valence-electron chi connectivity index (χ4n) is 3.44. The van der Waals surface area contributed by atoms with Crippen molar-refractivity contribution >= 4 is 35.8 Å². The van der Waals surface area contributed by atoms with E-state index >= 15 is 0 Å². The zero-order chi connectivity index (χ0) is 18.2. The average molecular weight is 489 g/mol. The first-order valence-electron chi connectivity index (χ1n) is 9.61. The summed E-state index contributed by atoms with van der Waals surface area (Å²) in [6.07, 6.45) is 2.99. The third-order valence-electron chi connectivity index (χ3n) is 4.83. The Morgan fingerprint density at radius 2 is 2.15 bits per heavy atom. The summed E-state index contributed by atoms with van der Waals surface area (Å²) >= 11 is 0. The molecule has 2 aliphatic rings. The maximum absolute atomic E-state index is 5.50. The van der Waals surface area contributed by atoms with E-state index in [1.54, 1.807) is 0 Å². The van der Waals surface area contributed by atoms with Gasteiger partial charge in [0.2, 0.25) is 0 Å². The molecular formula is C19H32IN5O2. The highest BCUT2D eigenvalue weighted by Crippen LogP contribution is 2.19. The van der Waals surface area contributed by atoms with Crippen LogP contribution in [0.5, 0.6) is 0 Å². The van der Waals surface area contributed by atoms with Gasteiger partial charge in [0.05, 0.1) is 26.4 Å². The fourth-order valence-corrected chi connectivity index (χ4v) is 3.44. The number of aliphatic imine (C=N–C) groups is 1. The summed E-state index contributed by atoms with van der Waals surface area (Å²) in [5, 5.41) is 3.41. The van der Waals surface area contributed by atoms with E-state index in [0.717, 1.165) is 76.4 Å². The first-order valence-corrected chi connectivity index (χ1v) is 9.61. The predicted molar refractivity (Wildman–Crippen MR) is 119 cm³/mol. The number of nitrogens with zero attached hydrogens (tertiary/aromatic N) is 4. The van der Waals surface area contributed by atoms with Crippen LogP contribution in [0.4, 0.5) is 5.82 Å². The number of halogens is 1. The Kier molecular flexibility index (Phi) is 9.57. The highest BCUT2D eigenvalue weighted by Gasteiger charge is 2.20. The van der Waals surface area contributed by atoms with E-state index in [2.05, 4.69) is 40.1 Å². The van der Waals surface area contributed by atoms with Crippen molar-refractivity contribution in [2.75, 3.05) is 64.6 Å². The predicted octanol–water partition coefficient (Wildman–Crippen LogP) is 1.97. The van der Waals surface area contributed by atoms with Crippen molar-refractivity contribution in [1.29, 1.82) is 0 Å². The molecule has 2 fully saturated rings. The van der Waals surface area contributed by atoms with E-state index in [1.165, 1.54) is 0 Å². The summed E-state index contributed by atoms with van der Waals surface area (Å²) < 4.78 is 11.0. The lowest BCUT2D eigenvalue weighted by molar-refractivity contribution is 0.122. The van der Waals surface area contributed by atoms with Crippen LogP contribution in [0.3, 0.4) is 0 Å². The van der Waals surface area contributed by atoms with Crippen LogP contribution in [0.25, 0.3) is 0 Å². The number of anilines is 1. The quantitative estimate of drug-likeness (QED) is 0.375. The summed E-state index contributed by atoms with van der Waals surface area (Å²) in [5.41, 5.74) is 1.16. The molecule has 0 radical (unpaired) electrons. The number of morpholine rings is 1. The van der Waals surface area contributed by atoms with E-state index in [9.17, 15) is 0 Å². The van der Waals surface area contributed by atoms with Gasteiger partial charge in [0.15, 0.2) is 5.96 Å². The Morgan fingerprint density at radius 1 is 1.33 bits per heavy atom. The first-order chi connectivity index (χ1) is 12.8. The zero-order valence-electron chi connectivity index (χ0n) is 16.4. The number of hydrogen-bond donors (Lipinski definition) is 1. The molecule has 0 saturated carbocycles. The molecule has 152 valence electrons. The molecule has 1 unspecified atom stereocenters. The number of rotatable bonds is 6. The standard InChI is InChI=1S/C19H31N5O2.HI/c1-3-20-19(23(2)14-16-6-10-26-15-16)22-13-17-5-4-7-21-18(17)24-8-11-25-12-9-24;/h4-5,7,16H,3,6,8-15H2,1-2H3,(H,20,22);1H. The van der Waals surface area contributed by atoms with Gasteiger partial charge in [-0.25, -0.2) is 9.98 Å². The third kappa shape index (κ3) is 6.46. The van der Waals surface area contributed by atoms with E-state index < -0.39 is 0 Å². The normalized spacial score (nSPS) is 20.3. The van der Waals surface area contributed by atoms with Gasteiger partial charge >= 0.3 is 0 Å². The second kappa shape index (κ2) is 11.7. The minimum atomic E-state index is 0. The molecule has 0 aliphatic carbocycles. The molecular weight excluding hydrogens is 457 g/mol. The van der Waals surface area contributed by atoms with Gasteiger partial charge in [0, 0.05) is 57.5 Å². The van der Waals surface area contributed by atoms with Crippen LogP contribution in [0.1, 0.15) is 18.9 Å². The number of guanidine groups is 1. The van der Waals surface area contributed by atoms with E-state index in [-0.39, 0.29) is 24.0 Å². The lowest BCUT2D eigenvalue weighted by Gasteiger charge is -2.29. The van der Waals surface area contributed by atoms with Crippen molar-refractivity contribution in [3.8, 4) is 0 Å². The van der Waals surface area contributed by atoms with Crippen molar-refractivity contribution in [3.63, 3.8) is 0 Å². The molecule has 1 aromatic rings. The van der Waals surface area contributed by atoms with Crippen molar-refractivity contribution in [2.24, 2.45) is 10.9 Å². The summed E-state index contributed by atoms with van der Waals surface area (Å²) in [7, 11) is 2.10. The van der Waals surface area contributed by atoms with E-state index in [1.807, 2.05) is 12.3 Å². The average Bonchev–Trinajstić information content (AvgIpc) is 3.19. The van der Waals surface area contributed by atoms with Crippen LogP contribution in [0, 0.1) is 5.92 Å². The smallest absolute Gasteiger partial charge is 0.193 e. The van der Waals surface area contributed by atoms with Gasteiger partial charge in [-0.05, 0) is 19.4 Å². The second-order valence-electron chi connectivity index (χ2n) is 6.87. The number of pyridine rings is 1. The molecule has 27 heavy (non-hydrogen) atoms. The molecule has 3 heterocycles. The number of ether oxygens (including phenoxy) is 2. The Hall–Kier alpha value is -1.13. The highest BCUT2D eigenvalue weighted by atomic mass is 127. The molecule has 1 aromatic heterocycles. The minimum absolute atomic E-state index is 0. The van der Waals surface area contributed by atoms with Crippen LogP contribution in [0.2, 0.25) is 0 Å². The van der Waals surface area contributed by atoms with Crippen LogP contribution in [-0.2, 0) is 16.0 Å². The van der Waals surface area contributed by atoms with Crippen LogP contribution in [-0.4, -0.2) is 75.5 Å². The lowest BCUT2D eigenvalue weighted by atomic mass is 10.1. The molecule has 7 nitrogen and oxygen atoms in total. The molecule has 0 bridgehead atoms.